The molecule has 0 heterocycles. The minimum Gasteiger partial charge on any atom is -0.457 e. The van der Waals surface area contributed by atoms with Crippen LogP contribution in [0.3, 0.4) is 0 Å². The lowest BCUT2D eigenvalue weighted by Crippen LogP contribution is -2.41. The monoisotopic (exact) mass is 408 g/mol. The predicted octanol–water partition coefficient (Wildman–Crippen LogP) is 6.13. The summed E-state index contributed by atoms with van der Waals surface area (Å²) in [4.78, 5) is 6.43. The van der Waals surface area contributed by atoms with Crippen LogP contribution in [0.1, 0.15) is 30.5 Å². The fourth-order valence-corrected chi connectivity index (χ4v) is 2.65. The van der Waals surface area contributed by atoms with E-state index in [0.29, 0.717) is 11.5 Å². The van der Waals surface area contributed by atoms with Crippen molar-refractivity contribution >= 4 is 12.0 Å². The molecule has 158 valence electrons. The molecule has 7 heteroatoms. The van der Waals surface area contributed by atoms with Crippen LogP contribution >= 0.6 is 0 Å². The highest BCUT2D eigenvalue weighted by Crippen LogP contribution is 2.42. The van der Waals surface area contributed by atoms with Crippen LogP contribution in [-0.2, 0) is 10.3 Å². The van der Waals surface area contributed by atoms with Gasteiger partial charge in [0.25, 0.3) is 0 Å². The van der Waals surface area contributed by atoms with Gasteiger partial charge in [0.1, 0.15) is 11.5 Å². The summed E-state index contributed by atoms with van der Waals surface area (Å²) < 4.78 is 51.2. The molecule has 0 amide bonds. The fraction of sp³-hybridized carbons (Fsp3) is 0.409. The smallest absolute Gasteiger partial charge is 0.421 e. The average Bonchev–Trinajstić information content (AvgIpc) is 2.67. The molecule has 1 atom stereocenters. The third-order valence-corrected chi connectivity index (χ3v) is 4.95. The second-order valence-electron chi connectivity index (χ2n) is 7.09. The van der Waals surface area contributed by atoms with Gasteiger partial charge in [0.15, 0.2) is 5.60 Å². The first-order valence-electron chi connectivity index (χ1n) is 9.27. The normalized spacial score (nSPS) is 14.1. The first kappa shape index (κ1) is 22.7. The van der Waals surface area contributed by atoms with E-state index in [0.717, 1.165) is 37.4 Å². The Labute approximate surface area is 170 Å². The highest BCUT2D eigenvalue weighted by molar-refractivity contribution is 5.64. The second-order valence-corrected chi connectivity index (χ2v) is 7.09. The summed E-state index contributed by atoms with van der Waals surface area (Å²) in [5, 5.41) is 0. The maximum atomic E-state index is 13.5. The van der Waals surface area contributed by atoms with Gasteiger partial charge in [-0.05, 0) is 68.7 Å². The molecule has 0 spiro atoms. The quantitative estimate of drug-likeness (QED) is 0.408. The lowest BCUT2D eigenvalue weighted by atomic mass is 9.95. The molecular formula is C22H27F3N2O2. The summed E-state index contributed by atoms with van der Waals surface area (Å²) in [5.74, 6) is 0.869. The Bertz CT molecular complexity index is 881. The molecule has 1 unspecified atom stereocenters. The number of aliphatic imine (C=N–C) groups is 1. The van der Waals surface area contributed by atoms with Crippen molar-refractivity contribution < 1.29 is 22.6 Å². The number of benzene rings is 2. The first-order valence-corrected chi connectivity index (χ1v) is 9.27. The van der Waals surface area contributed by atoms with Crippen molar-refractivity contribution in [3.63, 3.8) is 0 Å². The summed E-state index contributed by atoms with van der Waals surface area (Å²) in [6, 6.07) is 9.60. The Balaban J connectivity index is 2.33. The molecular weight excluding hydrogens is 381 g/mol. The Kier molecular flexibility index (Phi) is 6.95. The molecule has 0 bridgehead atoms. The maximum Gasteiger partial charge on any atom is 0.421 e. The van der Waals surface area contributed by atoms with Crippen molar-refractivity contribution in [1.29, 1.82) is 0 Å². The van der Waals surface area contributed by atoms with E-state index in [1.54, 1.807) is 12.4 Å². The van der Waals surface area contributed by atoms with Crippen LogP contribution in [0.4, 0.5) is 18.9 Å². The topological polar surface area (TPSA) is 34.1 Å². The van der Waals surface area contributed by atoms with Crippen LogP contribution in [0.5, 0.6) is 11.5 Å². The molecule has 0 aliphatic rings. The molecule has 0 aliphatic carbocycles. The minimum absolute atomic E-state index is 0.0248. The van der Waals surface area contributed by atoms with Gasteiger partial charge in [0.2, 0.25) is 0 Å². The molecule has 0 saturated heterocycles. The standard InChI is InChI=1S/C22H27F3N2O2/c1-7-27(5)14-26-19-11-16(3)20(12-15(19)2)29-18-10-8-9-17(13-18)21(4,28-6)22(23,24)25/h8-14H,7H2,1-6H3/b26-14-. The predicted molar refractivity (Wildman–Crippen MR) is 109 cm³/mol. The van der Waals surface area contributed by atoms with Gasteiger partial charge in [-0.3, -0.25) is 0 Å². The highest BCUT2D eigenvalue weighted by atomic mass is 19.4. The second kappa shape index (κ2) is 8.86. The van der Waals surface area contributed by atoms with E-state index in [2.05, 4.69) is 4.99 Å². The molecule has 2 rings (SSSR count). The van der Waals surface area contributed by atoms with Crippen LogP contribution in [0.25, 0.3) is 0 Å². The van der Waals surface area contributed by atoms with Crippen LogP contribution in [-0.4, -0.2) is 38.1 Å². The fourth-order valence-electron chi connectivity index (χ4n) is 2.65. The number of methoxy groups -OCH3 is 1. The van der Waals surface area contributed by atoms with Crippen molar-refractivity contribution in [2.75, 3.05) is 20.7 Å². The van der Waals surface area contributed by atoms with Gasteiger partial charge in [0, 0.05) is 20.7 Å². The maximum absolute atomic E-state index is 13.5. The Hall–Kier alpha value is -2.54. The zero-order valence-electron chi connectivity index (χ0n) is 17.6. The van der Waals surface area contributed by atoms with Gasteiger partial charge in [-0.15, -0.1) is 0 Å². The van der Waals surface area contributed by atoms with E-state index in [1.165, 1.54) is 18.2 Å². The molecule has 0 radical (unpaired) electrons. The number of hydrogen-bond acceptors (Lipinski definition) is 3. The molecule has 0 N–H and O–H groups in total. The Morgan fingerprint density at radius 2 is 1.79 bits per heavy atom. The van der Waals surface area contributed by atoms with E-state index in [-0.39, 0.29) is 5.56 Å². The zero-order chi connectivity index (χ0) is 21.8. The van der Waals surface area contributed by atoms with Gasteiger partial charge in [-0.1, -0.05) is 12.1 Å². The van der Waals surface area contributed by atoms with Crippen molar-refractivity contribution in [3.8, 4) is 11.5 Å². The summed E-state index contributed by atoms with van der Waals surface area (Å²) >= 11 is 0. The third kappa shape index (κ3) is 5.09. The lowest BCUT2D eigenvalue weighted by molar-refractivity contribution is -0.269. The van der Waals surface area contributed by atoms with Crippen molar-refractivity contribution in [1.82, 2.24) is 4.90 Å². The van der Waals surface area contributed by atoms with Crippen LogP contribution in [0.2, 0.25) is 0 Å². The molecule has 2 aromatic carbocycles. The number of aryl methyl sites for hydroxylation is 2. The Morgan fingerprint density at radius 1 is 1.10 bits per heavy atom. The van der Waals surface area contributed by atoms with Crippen LogP contribution in [0.15, 0.2) is 41.4 Å². The number of halogens is 3. The summed E-state index contributed by atoms with van der Waals surface area (Å²) in [6.45, 7) is 7.66. The van der Waals surface area contributed by atoms with Gasteiger partial charge in [-0.25, -0.2) is 4.99 Å². The summed E-state index contributed by atoms with van der Waals surface area (Å²) in [7, 11) is 2.98. The number of ether oxygens (including phenoxy) is 2. The number of nitrogens with zero attached hydrogens (tertiary/aromatic N) is 2. The SMILES string of the molecule is CCN(C)/C=N\c1cc(C)c(Oc2cccc(C(C)(OC)C(F)(F)F)c2)cc1C. The lowest BCUT2D eigenvalue weighted by Gasteiger charge is -2.31. The molecule has 0 aromatic heterocycles. The number of alkyl halides is 3. The van der Waals surface area contributed by atoms with Gasteiger partial charge >= 0.3 is 6.18 Å². The van der Waals surface area contributed by atoms with Crippen molar-refractivity contribution in [2.24, 2.45) is 4.99 Å². The summed E-state index contributed by atoms with van der Waals surface area (Å²) in [5.41, 5.74) is 0.106. The molecule has 0 saturated carbocycles. The van der Waals surface area contributed by atoms with E-state index in [4.69, 9.17) is 9.47 Å². The van der Waals surface area contributed by atoms with Crippen LogP contribution in [0, 0.1) is 13.8 Å². The van der Waals surface area contributed by atoms with E-state index in [9.17, 15) is 13.2 Å². The van der Waals surface area contributed by atoms with Gasteiger partial charge in [-0.2, -0.15) is 13.2 Å². The highest BCUT2D eigenvalue weighted by Gasteiger charge is 2.53. The molecule has 4 nitrogen and oxygen atoms in total. The zero-order valence-corrected chi connectivity index (χ0v) is 17.6. The van der Waals surface area contributed by atoms with Gasteiger partial charge in [0.05, 0.1) is 12.0 Å². The van der Waals surface area contributed by atoms with E-state index < -0.39 is 11.8 Å². The van der Waals surface area contributed by atoms with Crippen molar-refractivity contribution in [2.45, 2.75) is 39.5 Å². The molecule has 0 fully saturated rings. The number of rotatable bonds is 7. The van der Waals surface area contributed by atoms with E-state index >= 15 is 0 Å². The molecule has 2 aromatic rings. The van der Waals surface area contributed by atoms with Crippen molar-refractivity contribution in [3.05, 3.63) is 53.1 Å². The Morgan fingerprint density at radius 3 is 2.38 bits per heavy atom. The first-order chi connectivity index (χ1) is 13.5. The number of hydrogen-bond donors (Lipinski definition) is 0. The molecule has 29 heavy (non-hydrogen) atoms. The average molecular weight is 408 g/mol. The largest absolute Gasteiger partial charge is 0.457 e. The minimum atomic E-state index is -4.56. The molecule has 0 aliphatic heterocycles. The van der Waals surface area contributed by atoms with Gasteiger partial charge < -0.3 is 14.4 Å². The van der Waals surface area contributed by atoms with E-state index in [1.807, 2.05) is 44.9 Å². The van der Waals surface area contributed by atoms with Crippen LogP contribution < -0.4 is 4.74 Å². The third-order valence-electron chi connectivity index (χ3n) is 4.95. The summed E-state index contributed by atoms with van der Waals surface area (Å²) in [6.07, 6.45) is -2.80.